The number of hydrogen-bond donors (Lipinski definition) is 2. The SMILES string of the molecule is O=C(Nc1ccccc1)c1c(O)ccc2ccccc12. The lowest BCUT2D eigenvalue weighted by molar-refractivity contribution is 0.102. The number of phenolic OH excluding ortho intramolecular Hbond substituents is 1. The second-order valence-electron chi connectivity index (χ2n) is 4.50. The summed E-state index contributed by atoms with van der Waals surface area (Å²) in [5, 5.41) is 14.4. The van der Waals surface area contributed by atoms with E-state index in [-0.39, 0.29) is 11.7 Å². The first-order valence-electron chi connectivity index (χ1n) is 6.33. The quantitative estimate of drug-likeness (QED) is 0.738. The number of anilines is 1. The van der Waals surface area contributed by atoms with E-state index in [9.17, 15) is 9.90 Å². The predicted octanol–water partition coefficient (Wildman–Crippen LogP) is 3.80. The zero-order valence-electron chi connectivity index (χ0n) is 10.7. The van der Waals surface area contributed by atoms with E-state index < -0.39 is 0 Å². The number of carbonyl (C=O) groups excluding carboxylic acids is 1. The average molecular weight is 263 g/mol. The second-order valence-corrected chi connectivity index (χ2v) is 4.50. The first-order valence-corrected chi connectivity index (χ1v) is 6.33. The summed E-state index contributed by atoms with van der Waals surface area (Å²) in [7, 11) is 0. The van der Waals surface area contributed by atoms with E-state index in [1.54, 1.807) is 24.3 Å². The molecule has 1 amide bonds. The smallest absolute Gasteiger partial charge is 0.260 e. The molecule has 3 rings (SSSR count). The molecule has 0 unspecified atom stereocenters. The Labute approximate surface area is 116 Å². The third-order valence-corrected chi connectivity index (χ3v) is 3.17. The van der Waals surface area contributed by atoms with Crippen LogP contribution >= 0.6 is 0 Å². The summed E-state index contributed by atoms with van der Waals surface area (Å²) in [6.45, 7) is 0. The molecule has 3 heteroatoms. The molecule has 0 saturated heterocycles. The highest BCUT2D eigenvalue weighted by molar-refractivity contribution is 6.14. The minimum absolute atomic E-state index is 0.0165. The highest BCUT2D eigenvalue weighted by Gasteiger charge is 2.15. The van der Waals surface area contributed by atoms with Gasteiger partial charge in [0.05, 0.1) is 5.56 Å². The predicted molar refractivity (Wildman–Crippen MR) is 80.0 cm³/mol. The fourth-order valence-corrected chi connectivity index (χ4v) is 2.21. The van der Waals surface area contributed by atoms with E-state index in [1.165, 1.54) is 0 Å². The Balaban J connectivity index is 2.05. The Bertz CT molecular complexity index is 766. The molecule has 0 aliphatic carbocycles. The molecule has 0 radical (unpaired) electrons. The Hall–Kier alpha value is -2.81. The number of para-hydroxylation sites is 1. The van der Waals surface area contributed by atoms with Crippen LogP contribution in [0.2, 0.25) is 0 Å². The summed E-state index contributed by atoms with van der Waals surface area (Å²) in [4.78, 5) is 12.4. The molecule has 3 aromatic carbocycles. The third-order valence-electron chi connectivity index (χ3n) is 3.17. The van der Waals surface area contributed by atoms with Crippen LogP contribution in [0, 0.1) is 0 Å². The van der Waals surface area contributed by atoms with E-state index in [0.29, 0.717) is 11.3 Å². The molecule has 20 heavy (non-hydrogen) atoms. The van der Waals surface area contributed by atoms with Crippen molar-refractivity contribution in [2.45, 2.75) is 0 Å². The summed E-state index contributed by atoms with van der Waals surface area (Å²) in [6.07, 6.45) is 0. The third kappa shape index (κ3) is 2.21. The summed E-state index contributed by atoms with van der Waals surface area (Å²) in [5.74, 6) is -0.331. The minimum Gasteiger partial charge on any atom is -0.507 e. The largest absolute Gasteiger partial charge is 0.507 e. The number of nitrogens with one attached hydrogen (secondary N) is 1. The van der Waals surface area contributed by atoms with Gasteiger partial charge in [-0.1, -0.05) is 48.5 Å². The first kappa shape index (κ1) is 12.2. The Morgan fingerprint density at radius 2 is 1.55 bits per heavy atom. The fraction of sp³-hybridized carbons (Fsp3) is 0. The molecular formula is C17H13NO2. The molecule has 3 nitrogen and oxygen atoms in total. The first-order chi connectivity index (χ1) is 9.75. The van der Waals surface area contributed by atoms with Crippen LogP contribution in [0.1, 0.15) is 10.4 Å². The number of fused-ring (bicyclic) bond motifs is 1. The number of benzene rings is 3. The number of carbonyl (C=O) groups is 1. The minimum atomic E-state index is -0.314. The topological polar surface area (TPSA) is 49.3 Å². The maximum Gasteiger partial charge on any atom is 0.260 e. The van der Waals surface area contributed by atoms with Gasteiger partial charge in [0.1, 0.15) is 5.75 Å². The van der Waals surface area contributed by atoms with Crippen LogP contribution in [0.4, 0.5) is 5.69 Å². The molecule has 98 valence electrons. The van der Waals surface area contributed by atoms with Gasteiger partial charge >= 0.3 is 0 Å². The summed E-state index contributed by atoms with van der Waals surface area (Å²) < 4.78 is 0. The lowest BCUT2D eigenvalue weighted by Crippen LogP contribution is -2.12. The van der Waals surface area contributed by atoms with Crippen LogP contribution < -0.4 is 5.32 Å². The van der Waals surface area contributed by atoms with Crippen LogP contribution in [0.25, 0.3) is 10.8 Å². The Morgan fingerprint density at radius 1 is 0.850 bits per heavy atom. The fourth-order valence-electron chi connectivity index (χ4n) is 2.21. The zero-order valence-corrected chi connectivity index (χ0v) is 10.7. The van der Waals surface area contributed by atoms with Gasteiger partial charge < -0.3 is 10.4 Å². The van der Waals surface area contributed by atoms with Crippen molar-refractivity contribution in [3.05, 3.63) is 72.3 Å². The highest BCUT2D eigenvalue weighted by Crippen LogP contribution is 2.27. The lowest BCUT2D eigenvalue weighted by atomic mass is 10.0. The molecule has 0 aliphatic heterocycles. The van der Waals surface area contributed by atoms with Crippen molar-refractivity contribution in [3.63, 3.8) is 0 Å². The van der Waals surface area contributed by atoms with E-state index >= 15 is 0 Å². The van der Waals surface area contributed by atoms with Crippen LogP contribution in [0.15, 0.2) is 66.7 Å². The number of rotatable bonds is 2. The van der Waals surface area contributed by atoms with Crippen molar-refractivity contribution in [1.29, 1.82) is 0 Å². The van der Waals surface area contributed by atoms with Crippen molar-refractivity contribution in [1.82, 2.24) is 0 Å². The normalized spacial score (nSPS) is 10.4. The number of aromatic hydroxyl groups is 1. The summed E-state index contributed by atoms with van der Waals surface area (Å²) in [5.41, 5.74) is 0.997. The van der Waals surface area contributed by atoms with Crippen LogP contribution in [0.5, 0.6) is 5.75 Å². The molecule has 0 saturated carbocycles. The van der Waals surface area contributed by atoms with Crippen molar-refractivity contribution < 1.29 is 9.90 Å². The number of amides is 1. The van der Waals surface area contributed by atoms with Gasteiger partial charge in [0.25, 0.3) is 5.91 Å². The zero-order chi connectivity index (χ0) is 13.9. The van der Waals surface area contributed by atoms with E-state index in [1.807, 2.05) is 42.5 Å². The summed E-state index contributed by atoms with van der Waals surface area (Å²) >= 11 is 0. The number of phenols is 1. The standard InChI is InChI=1S/C17H13NO2/c19-15-11-10-12-6-4-5-9-14(12)16(15)17(20)18-13-7-2-1-3-8-13/h1-11,19H,(H,18,20). The highest BCUT2D eigenvalue weighted by atomic mass is 16.3. The van der Waals surface area contributed by atoms with Gasteiger partial charge in [-0.2, -0.15) is 0 Å². The Morgan fingerprint density at radius 3 is 2.35 bits per heavy atom. The van der Waals surface area contributed by atoms with E-state index in [2.05, 4.69) is 5.32 Å². The molecule has 3 aromatic rings. The summed E-state index contributed by atoms with van der Waals surface area (Å²) in [6, 6.07) is 20.0. The molecule has 2 N–H and O–H groups in total. The van der Waals surface area contributed by atoms with Gasteiger partial charge in [0.2, 0.25) is 0 Å². The molecular weight excluding hydrogens is 250 g/mol. The van der Waals surface area contributed by atoms with Gasteiger partial charge in [-0.25, -0.2) is 0 Å². The van der Waals surface area contributed by atoms with Crippen molar-refractivity contribution in [3.8, 4) is 5.75 Å². The van der Waals surface area contributed by atoms with Crippen LogP contribution in [0.3, 0.4) is 0 Å². The van der Waals surface area contributed by atoms with Gasteiger partial charge in [-0.3, -0.25) is 4.79 Å². The molecule has 0 heterocycles. The second kappa shape index (κ2) is 5.05. The van der Waals surface area contributed by atoms with Crippen LogP contribution in [-0.4, -0.2) is 11.0 Å². The average Bonchev–Trinajstić information content (AvgIpc) is 2.48. The molecule has 0 spiro atoms. The van der Waals surface area contributed by atoms with E-state index in [0.717, 1.165) is 10.8 Å². The monoisotopic (exact) mass is 263 g/mol. The molecule has 0 atom stereocenters. The molecule has 0 aliphatic rings. The maximum absolute atomic E-state index is 12.4. The molecule has 0 bridgehead atoms. The molecule has 0 fully saturated rings. The van der Waals surface area contributed by atoms with E-state index in [4.69, 9.17) is 0 Å². The van der Waals surface area contributed by atoms with Gasteiger partial charge in [-0.05, 0) is 29.0 Å². The van der Waals surface area contributed by atoms with Crippen molar-refractivity contribution in [2.75, 3.05) is 5.32 Å². The van der Waals surface area contributed by atoms with Crippen LogP contribution in [-0.2, 0) is 0 Å². The molecule has 0 aromatic heterocycles. The van der Waals surface area contributed by atoms with Gasteiger partial charge in [-0.15, -0.1) is 0 Å². The van der Waals surface area contributed by atoms with Crippen molar-refractivity contribution in [2.24, 2.45) is 0 Å². The maximum atomic E-state index is 12.4. The van der Waals surface area contributed by atoms with Crippen molar-refractivity contribution >= 4 is 22.4 Å². The van der Waals surface area contributed by atoms with Gasteiger partial charge in [0.15, 0.2) is 0 Å². The number of hydrogen-bond acceptors (Lipinski definition) is 2. The van der Waals surface area contributed by atoms with Gasteiger partial charge in [0, 0.05) is 5.69 Å². The Kier molecular flexibility index (Phi) is 3.09. The lowest BCUT2D eigenvalue weighted by Gasteiger charge is -2.10.